The van der Waals surface area contributed by atoms with Crippen molar-refractivity contribution in [3.05, 3.63) is 27.4 Å². The SMILES string of the molecule is CCC(Nc1nnc(C)s1)c1cccs1. The van der Waals surface area contributed by atoms with Crippen LogP contribution in [0.5, 0.6) is 0 Å². The van der Waals surface area contributed by atoms with Gasteiger partial charge in [-0.05, 0) is 24.8 Å². The molecule has 0 fully saturated rings. The van der Waals surface area contributed by atoms with Crippen LogP contribution in [0.2, 0.25) is 0 Å². The minimum atomic E-state index is 0.359. The van der Waals surface area contributed by atoms with Gasteiger partial charge in [-0.25, -0.2) is 0 Å². The first-order chi connectivity index (χ1) is 7.29. The largest absolute Gasteiger partial charge is 0.352 e. The molecule has 0 aliphatic heterocycles. The Kier molecular flexibility index (Phi) is 3.33. The fourth-order valence-electron chi connectivity index (χ4n) is 1.37. The third-order valence-electron chi connectivity index (χ3n) is 2.12. The summed E-state index contributed by atoms with van der Waals surface area (Å²) in [7, 11) is 0. The average Bonchev–Trinajstić information content (AvgIpc) is 2.85. The summed E-state index contributed by atoms with van der Waals surface area (Å²) in [6, 6.07) is 4.59. The van der Waals surface area contributed by atoms with Gasteiger partial charge in [0.25, 0.3) is 0 Å². The van der Waals surface area contributed by atoms with Crippen LogP contribution < -0.4 is 5.32 Å². The van der Waals surface area contributed by atoms with Crippen LogP contribution in [0, 0.1) is 6.92 Å². The van der Waals surface area contributed by atoms with Crippen molar-refractivity contribution in [1.29, 1.82) is 0 Å². The smallest absolute Gasteiger partial charge is 0.206 e. The molecule has 2 rings (SSSR count). The highest BCUT2D eigenvalue weighted by Gasteiger charge is 2.11. The number of aryl methyl sites for hydroxylation is 1. The van der Waals surface area contributed by atoms with Gasteiger partial charge in [0, 0.05) is 4.88 Å². The van der Waals surface area contributed by atoms with Crippen LogP contribution in [0.3, 0.4) is 0 Å². The molecule has 2 aromatic rings. The molecule has 0 aromatic carbocycles. The van der Waals surface area contributed by atoms with Crippen molar-refractivity contribution < 1.29 is 0 Å². The van der Waals surface area contributed by atoms with Gasteiger partial charge in [0.15, 0.2) is 0 Å². The van der Waals surface area contributed by atoms with Gasteiger partial charge in [-0.2, -0.15) is 0 Å². The molecule has 0 spiro atoms. The number of rotatable bonds is 4. The molecule has 0 aliphatic rings. The highest BCUT2D eigenvalue weighted by molar-refractivity contribution is 7.15. The number of hydrogen-bond acceptors (Lipinski definition) is 5. The van der Waals surface area contributed by atoms with Gasteiger partial charge in [0.2, 0.25) is 5.13 Å². The Morgan fingerprint density at radius 3 is 2.87 bits per heavy atom. The van der Waals surface area contributed by atoms with E-state index in [9.17, 15) is 0 Å². The summed E-state index contributed by atoms with van der Waals surface area (Å²) in [6.07, 6.45) is 1.05. The van der Waals surface area contributed by atoms with Gasteiger partial charge in [-0.15, -0.1) is 21.5 Å². The maximum absolute atomic E-state index is 4.08. The second-order valence-corrected chi connectivity index (χ2v) is 5.41. The van der Waals surface area contributed by atoms with Crippen molar-refractivity contribution in [2.24, 2.45) is 0 Å². The molecule has 5 heteroatoms. The predicted octanol–water partition coefficient (Wildman–Crippen LogP) is 3.47. The van der Waals surface area contributed by atoms with Gasteiger partial charge in [0.1, 0.15) is 5.01 Å². The Morgan fingerprint density at radius 1 is 1.47 bits per heavy atom. The summed E-state index contributed by atoms with van der Waals surface area (Å²) >= 11 is 3.38. The number of anilines is 1. The van der Waals surface area contributed by atoms with E-state index in [1.807, 2.05) is 6.92 Å². The van der Waals surface area contributed by atoms with Crippen LogP contribution in [-0.2, 0) is 0 Å². The van der Waals surface area contributed by atoms with Crippen molar-refractivity contribution in [3.63, 3.8) is 0 Å². The molecule has 15 heavy (non-hydrogen) atoms. The van der Waals surface area contributed by atoms with E-state index in [0.717, 1.165) is 16.6 Å². The first kappa shape index (κ1) is 10.6. The van der Waals surface area contributed by atoms with E-state index in [1.54, 1.807) is 22.7 Å². The maximum Gasteiger partial charge on any atom is 0.206 e. The third kappa shape index (κ3) is 2.54. The molecule has 0 amide bonds. The second kappa shape index (κ2) is 4.72. The quantitative estimate of drug-likeness (QED) is 0.887. The molecule has 0 aliphatic carbocycles. The topological polar surface area (TPSA) is 37.8 Å². The fraction of sp³-hybridized carbons (Fsp3) is 0.400. The molecular formula is C10H13N3S2. The van der Waals surface area contributed by atoms with E-state index in [2.05, 4.69) is 40.0 Å². The Hall–Kier alpha value is -0.940. The van der Waals surface area contributed by atoms with Crippen molar-refractivity contribution >= 4 is 27.8 Å². The third-order valence-corrected chi connectivity index (χ3v) is 3.87. The molecule has 0 radical (unpaired) electrons. The fourth-order valence-corrected chi connectivity index (χ4v) is 2.87. The van der Waals surface area contributed by atoms with Gasteiger partial charge in [-0.1, -0.05) is 24.3 Å². The van der Waals surface area contributed by atoms with E-state index < -0.39 is 0 Å². The number of aromatic nitrogens is 2. The van der Waals surface area contributed by atoms with Crippen LogP contribution in [-0.4, -0.2) is 10.2 Å². The van der Waals surface area contributed by atoms with E-state index in [4.69, 9.17) is 0 Å². The Labute approximate surface area is 97.2 Å². The minimum absolute atomic E-state index is 0.359. The lowest BCUT2D eigenvalue weighted by Crippen LogP contribution is -2.07. The number of nitrogens with one attached hydrogen (secondary N) is 1. The molecule has 0 saturated carbocycles. The minimum Gasteiger partial charge on any atom is -0.352 e. The number of thiophene rings is 1. The number of hydrogen-bond donors (Lipinski definition) is 1. The summed E-state index contributed by atoms with van der Waals surface area (Å²) < 4.78 is 0. The van der Waals surface area contributed by atoms with Crippen LogP contribution >= 0.6 is 22.7 Å². The van der Waals surface area contributed by atoms with Crippen LogP contribution in [0.15, 0.2) is 17.5 Å². The Bertz CT molecular complexity index is 408. The summed E-state index contributed by atoms with van der Waals surface area (Å²) in [5, 5.41) is 15.5. The normalized spacial score (nSPS) is 12.7. The molecule has 2 heterocycles. The molecule has 1 atom stereocenters. The summed E-state index contributed by atoms with van der Waals surface area (Å²) in [5.41, 5.74) is 0. The van der Waals surface area contributed by atoms with Crippen molar-refractivity contribution in [2.75, 3.05) is 5.32 Å². The monoisotopic (exact) mass is 239 g/mol. The highest BCUT2D eigenvalue weighted by atomic mass is 32.1. The zero-order valence-corrected chi connectivity index (χ0v) is 10.4. The second-order valence-electron chi connectivity index (χ2n) is 3.25. The van der Waals surface area contributed by atoms with Gasteiger partial charge in [0.05, 0.1) is 6.04 Å². The zero-order valence-electron chi connectivity index (χ0n) is 8.73. The molecule has 1 N–H and O–H groups in total. The average molecular weight is 239 g/mol. The molecule has 1 unspecified atom stereocenters. The van der Waals surface area contributed by atoms with Crippen molar-refractivity contribution in [2.45, 2.75) is 26.3 Å². The Morgan fingerprint density at radius 2 is 2.33 bits per heavy atom. The highest BCUT2D eigenvalue weighted by Crippen LogP contribution is 2.27. The first-order valence-corrected chi connectivity index (χ1v) is 6.59. The van der Waals surface area contributed by atoms with Crippen LogP contribution in [0.25, 0.3) is 0 Å². The molecule has 0 bridgehead atoms. The van der Waals surface area contributed by atoms with E-state index in [-0.39, 0.29) is 0 Å². The molecule has 80 valence electrons. The van der Waals surface area contributed by atoms with E-state index >= 15 is 0 Å². The zero-order chi connectivity index (χ0) is 10.7. The first-order valence-electron chi connectivity index (χ1n) is 4.89. The van der Waals surface area contributed by atoms with Crippen molar-refractivity contribution in [3.8, 4) is 0 Å². The predicted molar refractivity (Wildman–Crippen MR) is 65.6 cm³/mol. The maximum atomic E-state index is 4.08. The van der Waals surface area contributed by atoms with Crippen molar-refractivity contribution in [1.82, 2.24) is 10.2 Å². The number of nitrogens with zero attached hydrogens (tertiary/aromatic N) is 2. The summed E-state index contributed by atoms with van der Waals surface area (Å²) in [5.74, 6) is 0. The van der Waals surface area contributed by atoms with Gasteiger partial charge >= 0.3 is 0 Å². The van der Waals surface area contributed by atoms with Gasteiger partial charge in [-0.3, -0.25) is 0 Å². The Balaban J connectivity index is 2.09. The lowest BCUT2D eigenvalue weighted by molar-refractivity contribution is 0.759. The lowest BCUT2D eigenvalue weighted by Gasteiger charge is -2.13. The van der Waals surface area contributed by atoms with Gasteiger partial charge < -0.3 is 5.32 Å². The molecule has 3 nitrogen and oxygen atoms in total. The van der Waals surface area contributed by atoms with E-state index in [1.165, 1.54) is 4.88 Å². The molecule has 0 saturated heterocycles. The standard InChI is InChI=1S/C10H13N3S2/c1-3-8(9-5-4-6-14-9)11-10-13-12-7(2)15-10/h4-6,8H,3H2,1-2H3,(H,11,13). The molecular weight excluding hydrogens is 226 g/mol. The van der Waals surface area contributed by atoms with E-state index in [0.29, 0.717) is 6.04 Å². The summed E-state index contributed by atoms with van der Waals surface area (Å²) in [4.78, 5) is 1.35. The lowest BCUT2D eigenvalue weighted by atomic mass is 10.2. The van der Waals surface area contributed by atoms with Crippen LogP contribution in [0.4, 0.5) is 5.13 Å². The van der Waals surface area contributed by atoms with Crippen LogP contribution in [0.1, 0.15) is 29.3 Å². The molecule has 2 aromatic heterocycles. The summed E-state index contributed by atoms with van der Waals surface area (Å²) in [6.45, 7) is 4.14.